The Morgan fingerprint density at radius 3 is 1.76 bits per heavy atom. The van der Waals surface area contributed by atoms with Crippen LogP contribution in [0.15, 0.2) is 67.5 Å². The molecule has 1 amide bonds. The molecule has 13 rings (SSSR count). The van der Waals surface area contributed by atoms with Crippen LogP contribution in [0.4, 0.5) is 34.6 Å². The van der Waals surface area contributed by atoms with E-state index in [-0.39, 0.29) is 62.3 Å². The van der Waals surface area contributed by atoms with Crippen molar-refractivity contribution in [3.05, 3.63) is 138 Å². The Bertz CT molecular complexity index is 4230. The summed E-state index contributed by atoms with van der Waals surface area (Å²) in [7, 11) is 4.67. The molecule has 0 saturated heterocycles. The highest BCUT2D eigenvalue weighted by molar-refractivity contribution is 9.10. The van der Waals surface area contributed by atoms with Gasteiger partial charge in [0, 0.05) is 81.1 Å². The number of anilines is 6. The smallest absolute Gasteiger partial charge is 0.302 e. The summed E-state index contributed by atoms with van der Waals surface area (Å²) < 4.78 is 32.4. The van der Waals surface area contributed by atoms with Crippen molar-refractivity contribution in [3.8, 4) is 11.3 Å². The minimum Gasteiger partial charge on any atom is -0.461 e. The Hall–Kier alpha value is -7.60. The predicted molar refractivity (Wildman–Crippen MR) is 340 cm³/mol. The van der Waals surface area contributed by atoms with Gasteiger partial charge in [-0.15, -0.1) is 11.3 Å². The summed E-state index contributed by atoms with van der Waals surface area (Å²) in [6.45, 7) is 21.9. The molecule has 0 bridgehead atoms. The Labute approximate surface area is 534 Å². The third-order valence-corrected chi connectivity index (χ3v) is 17.3. The molecule has 0 aromatic carbocycles. The molecule has 0 radical (unpaired) electrons. The Balaban J connectivity index is 0.000000164. The van der Waals surface area contributed by atoms with Crippen LogP contribution < -0.4 is 37.9 Å². The number of amides is 1. The molecule has 4 N–H and O–H groups in total. The number of hydrogen-bond donors (Lipinski definition) is 3. The van der Waals surface area contributed by atoms with E-state index in [1.807, 2.05) is 73.8 Å². The average molecular weight is 1340 g/mol. The number of nitrogens with one attached hydrogen (secondary N) is 2. The molecule has 0 saturated carbocycles. The highest BCUT2D eigenvalue weighted by atomic mass is 79.9. The highest BCUT2D eigenvalue weighted by Crippen LogP contribution is 2.46. The van der Waals surface area contributed by atoms with Gasteiger partial charge >= 0.3 is 5.97 Å². The molecule has 26 nitrogen and oxygen atoms in total. The Morgan fingerprint density at radius 2 is 1.20 bits per heavy atom. The maximum Gasteiger partial charge on any atom is 0.302 e. The number of esters is 1. The molecule has 12 heterocycles. The van der Waals surface area contributed by atoms with Crippen LogP contribution in [0.5, 0.6) is 0 Å². The minimum atomic E-state index is -0.461. The minimum absolute atomic E-state index is 0.0983. The molecule has 472 valence electrons. The second kappa shape index (κ2) is 25.0. The topological polar surface area (TPSA) is 295 Å². The van der Waals surface area contributed by atoms with Crippen LogP contribution in [0, 0.1) is 5.41 Å². The fourth-order valence-electron chi connectivity index (χ4n) is 10.8. The van der Waals surface area contributed by atoms with Crippen molar-refractivity contribution < 1.29 is 28.5 Å². The monoisotopic (exact) mass is 1340 g/mol. The summed E-state index contributed by atoms with van der Waals surface area (Å²) in [5, 5.41) is 32.1. The number of hydrogen-bond acceptors (Lipinski definition) is 20. The van der Waals surface area contributed by atoms with Gasteiger partial charge in [-0.2, -0.15) is 30.6 Å². The number of carbonyl (C=O) groups excluding carboxylic acids is 2. The molecule has 0 unspecified atom stereocenters. The van der Waals surface area contributed by atoms with E-state index in [0.717, 1.165) is 53.3 Å². The molecule has 1 aliphatic carbocycles. The van der Waals surface area contributed by atoms with E-state index in [9.17, 15) is 24.0 Å². The van der Waals surface area contributed by atoms with E-state index in [1.165, 1.54) is 43.5 Å². The molecule has 8 aromatic heterocycles. The standard InChI is InChI=1S/C33H37N7O5S.C13H16ClN5O2.C8H13N3O.C5H4BrClN2O/c1-18(41)44-16-23-20(7-9-34-29(23)39-10-8-21-22-13-32(2,3)14-26(22)46-28(21)31(39)43)24-12-25(30(42)38(6)36-24)35-27-11-19-15-45-33(4,5)17-40(19)37-27;1-13(2)7-19-8(6-21-13)4-11(17-19)15-9-5-10(14)16-18(3)12(9)20;1-8(2)5-11-6(4-12-8)3-7(9)10-11;1-9-5(10)3(6)2-4(7)8-9/h7,9,11-12H,8,10,13-17H2,1-6H3,(H,35,37);4-5H,6-7H2,1-3H3,(H,15,17);3H,4-5H2,1-2H3,(H2,9,10);2H,1H3. The second-order valence-electron chi connectivity index (χ2n) is 24.9. The summed E-state index contributed by atoms with van der Waals surface area (Å²) in [4.78, 5) is 70.5. The number of fused-ring (bicyclic) bond motifs is 6. The maximum atomic E-state index is 14.0. The summed E-state index contributed by atoms with van der Waals surface area (Å²) in [6, 6.07) is 11.9. The first-order valence-electron chi connectivity index (χ1n) is 28.5. The zero-order valence-corrected chi connectivity index (χ0v) is 55.4. The van der Waals surface area contributed by atoms with Crippen LogP contribution in [0.2, 0.25) is 10.3 Å². The molecular formula is C59H70BrCl2N17O9S. The lowest BCUT2D eigenvalue weighted by Gasteiger charge is -2.30. The Morgan fingerprint density at radius 1 is 0.685 bits per heavy atom. The first-order valence-corrected chi connectivity index (χ1v) is 30.9. The summed E-state index contributed by atoms with van der Waals surface area (Å²) >= 11 is 16.0. The van der Waals surface area contributed by atoms with E-state index < -0.39 is 5.97 Å². The van der Waals surface area contributed by atoms with E-state index in [0.29, 0.717) is 94.9 Å². The number of ether oxygens (including phenoxy) is 4. The fourth-order valence-corrected chi connectivity index (χ4v) is 13.5. The van der Waals surface area contributed by atoms with Crippen molar-refractivity contribution in [1.82, 2.24) is 63.7 Å². The van der Waals surface area contributed by atoms with Gasteiger partial charge < -0.3 is 35.3 Å². The molecule has 89 heavy (non-hydrogen) atoms. The van der Waals surface area contributed by atoms with Gasteiger partial charge in [-0.05, 0) is 111 Å². The lowest BCUT2D eigenvalue weighted by Crippen LogP contribution is -2.38. The largest absolute Gasteiger partial charge is 0.461 e. The van der Waals surface area contributed by atoms with E-state index in [4.69, 9.17) is 47.9 Å². The molecule has 4 aliphatic heterocycles. The molecule has 30 heteroatoms. The average Bonchev–Trinajstić information content (AvgIpc) is 1.74. The lowest BCUT2D eigenvalue weighted by molar-refractivity contribution is -0.142. The van der Waals surface area contributed by atoms with Crippen molar-refractivity contribution >= 4 is 97.0 Å². The van der Waals surface area contributed by atoms with Crippen molar-refractivity contribution in [2.45, 2.75) is 144 Å². The first-order chi connectivity index (χ1) is 41.8. The number of rotatable bonds is 8. The van der Waals surface area contributed by atoms with Crippen LogP contribution in [0.3, 0.4) is 0 Å². The number of pyridine rings is 1. The molecule has 5 aliphatic rings. The van der Waals surface area contributed by atoms with Crippen LogP contribution in [0.25, 0.3) is 11.3 Å². The van der Waals surface area contributed by atoms with Gasteiger partial charge in [0.25, 0.3) is 22.6 Å². The van der Waals surface area contributed by atoms with Crippen molar-refractivity contribution in [1.29, 1.82) is 0 Å². The van der Waals surface area contributed by atoms with Crippen molar-refractivity contribution in [2.75, 3.05) is 27.8 Å². The van der Waals surface area contributed by atoms with Gasteiger partial charge in [0.15, 0.2) is 21.9 Å². The van der Waals surface area contributed by atoms with Gasteiger partial charge in [0.05, 0.1) is 88.4 Å². The normalized spacial score (nSPS) is 17.0. The highest BCUT2D eigenvalue weighted by Gasteiger charge is 2.39. The maximum absolute atomic E-state index is 14.0. The van der Waals surface area contributed by atoms with Gasteiger partial charge in [-0.1, -0.05) is 37.0 Å². The number of aromatic nitrogens is 13. The number of nitrogens with two attached hydrogens (primary N) is 1. The summed E-state index contributed by atoms with van der Waals surface area (Å²) in [6.07, 6.45) is 4.30. The first kappa shape index (κ1) is 64.4. The zero-order valence-electron chi connectivity index (χ0n) is 51.5. The van der Waals surface area contributed by atoms with Crippen LogP contribution in [-0.2, 0) is 110 Å². The molecule has 8 aromatic rings. The van der Waals surface area contributed by atoms with Gasteiger partial charge in [0.1, 0.15) is 29.6 Å². The number of aryl methyl sites for hydroxylation is 3. The number of halogens is 3. The van der Waals surface area contributed by atoms with E-state index in [2.05, 4.69) is 76.0 Å². The number of nitrogen functional groups attached to an aromatic ring is 1. The van der Waals surface area contributed by atoms with Crippen LogP contribution in [-0.4, -0.2) is 98.9 Å². The quantitative estimate of drug-likeness (QED) is 0.121. The molecule has 0 spiro atoms. The summed E-state index contributed by atoms with van der Waals surface area (Å²) in [5.41, 5.74) is 11.9. The van der Waals surface area contributed by atoms with Crippen LogP contribution in [0.1, 0.15) is 111 Å². The predicted octanol–water partition coefficient (Wildman–Crippen LogP) is 8.20. The number of thiophene rings is 1. The lowest BCUT2D eigenvalue weighted by atomic mass is 9.89. The zero-order chi connectivity index (χ0) is 64.2. The van der Waals surface area contributed by atoms with Crippen molar-refractivity contribution in [3.63, 3.8) is 0 Å². The summed E-state index contributed by atoms with van der Waals surface area (Å²) in [5.74, 6) is 1.53. The Kier molecular flexibility index (Phi) is 18.1. The van der Waals surface area contributed by atoms with Gasteiger partial charge in [0.2, 0.25) is 0 Å². The van der Waals surface area contributed by atoms with E-state index >= 15 is 0 Å². The second-order valence-corrected chi connectivity index (χ2v) is 27.6. The third kappa shape index (κ3) is 14.7. The van der Waals surface area contributed by atoms with Gasteiger partial charge in [-0.3, -0.25) is 42.9 Å². The van der Waals surface area contributed by atoms with Crippen LogP contribution >= 0.6 is 50.5 Å². The number of nitrogens with zero attached hydrogens (tertiary/aromatic N) is 14. The third-order valence-electron chi connectivity index (χ3n) is 15.1. The van der Waals surface area contributed by atoms with E-state index in [1.54, 1.807) is 55.7 Å². The van der Waals surface area contributed by atoms with Gasteiger partial charge in [-0.25, -0.2) is 19.0 Å². The molecule has 0 fully saturated rings. The van der Waals surface area contributed by atoms with Crippen molar-refractivity contribution in [2.24, 2.45) is 26.6 Å². The molecule has 0 atom stereocenters. The fraction of sp³-hybridized carbons (Fsp3) is 0.458. The SMILES string of the molecule is CC(=O)OCc1c(-c2cc(Nc3cc4n(n3)CC(C)(C)OC4)c(=O)n(C)n2)ccnc1N1CCc2c(sc3c2CC(C)(C)C3)C1=O.CC1(C)Cn2nc(N)cc2CO1.Cn1nc(Cl)cc(Br)c1=O.Cn1nc(Cl)cc(Nc2cc3n(n2)CC(C)(C)OC3)c1=O. The molecular weight excluding hydrogens is 1270 g/mol. The number of carbonyl (C=O) groups is 2.